The molecule has 0 aliphatic heterocycles. The maximum atomic E-state index is 11.8. The summed E-state index contributed by atoms with van der Waals surface area (Å²) in [6.45, 7) is 5.19. The Morgan fingerprint density at radius 1 is 0.310 bits per heavy atom. The third kappa shape index (κ3) is 37.5. The van der Waals surface area contributed by atoms with Crippen molar-refractivity contribution in [1.29, 1.82) is 0 Å². The van der Waals surface area contributed by atoms with Crippen LogP contribution in [-0.4, -0.2) is 12.6 Å². The highest BCUT2D eigenvalue weighted by Gasteiger charge is 2.02. The fraction of sp³-hybridized carbons (Fsp3) is 0.975. The number of rotatable bonds is 37. The fourth-order valence-electron chi connectivity index (χ4n) is 6.26. The first kappa shape index (κ1) is 41.5. The highest BCUT2D eigenvalue weighted by Crippen LogP contribution is 2.16. The summed E-state index contributed by atoms with van der Waals surface area (Å²) in [5.41, 5.74) is 0. The lowest BCUT2D eigenvalue weighted by Crippen LogP contribution is -2.05. The van der Waals surface area contributed by atoms with Crippen molar-refractivity contribution in [3.8, 4) is 0 Å². The molecule has 0 rings (SSSR count). The largest absolute Gasteiger partial charge is 0.466 e. The minimum Gasteiger partial charge on any atom is -0.466 e. The van der Waals surface area contributed by atoms with Crippen LogP contribution in [0.25, 0.3) is 0 Å². The van der Waals surface area contributed by atoms with Gasteiger partial charge in [-0.3, -0.25) is 4.79 Å². The Labute approximate surface area is 266 Å². The first-order chi connectivity index (χ1) is 20.8. The Kier molecular flexibility index (Phi) is 38.0. The van der Waals surface area contributed by atoms with Crippen LogP contribution in [-0.2, 0) is 9.53 Å². The number of hydrogen-bond acceptors (Lipinski definition) is 2. The molecular formula is C40H80O2. The summed E-state index contributed by atoms with van der Waals surface area (Å²) in [4.78, 5) is 11.8. The Morgan fingerprint density at radius 2 is 0.524 bits per heavy atom. The van der Waals surface area contributed by atoms with E-state index in [-0.39, 0.29) is 5.97 Å². The summed E-state index contributed by atoms with van der Waals surface area (Å²) in [6.07, 6.45) is 49.2. The van der Waals surface area contributed by atoms with Gasteiger partial charge >= 0.3 is 5.97 Å². The van der Waals surface area contributed by atoms with Crippen LogP contribution in [0.15, 0.2) is 0 Å². The molecule has 42 heavy (non-hydrogen) atoms. The summed E-state index contributed by atoms with van der Waals surface area (Å²) in [7, 11) is 0. The lowest BCUT2D eigenvalue weighted by molar-refractivity contribution is -0.143. The number of esters is 1. The lowest BCUT2D eigenvalue weighted by Gasteiger charge is -2.06. The van der Waals surface area contributed by atoms with Crippen LogP contribution in [0.5, 0.6) is 0 Å². The Hall–Kier alpha value is -0.530. The molecule has 0 saturated heterocycles. The molecule has 0 aliphatic rings. The molecule has 0 saturated carbocycles. The van der Waals surface area contributed by atoms with Crippen LogP contribution in [0.3, 0.4) is 0 Å². The number of carbonyl (C=O) groups excluding carboxylic acids is 1. The van der Waals surface area contributed by atoms with Crippen molar-refractivity contribution >= 4 is 5.97 Å². The molecule has 0 aliphatic carbocycles. The standard InChI is InChI=1S/C40H80O2/c1-3-5-7-9-11-12-13-14-15-16-17-18-19-20-21-22-23-24-25-26-27-28-29-30-31-33-35-37-39-42-40(41)38-36-34-32-10-8-6-4-2/h3-39H2,1-2H3. The van der Waals surface area contributed by atoms with Gasteiger partial charge in [0.05, 0.1) is 6.61 Å². The number of unbranched alkanes of at least 4 members (excludes halogenated alkanes) is 33. The normalized spacial score (nSPS) is 11.4. The molecule has 0 aromatic carbocycles. The van der Waals surface area contributed by atoms with E-state index in [1.54, 1.807) is 0 Å². The molecule has 0 fully saturated rings. The van der Waals surface area contributed by atoms with Gasteiger partial charge in [-0.05, 0) is 12.8 Å². The molecule has 0 aromatic rings. The monoisotopic (exact) mass is 593 g/mol. The molecule has 252 valence electrons. The van der Waals surface area contributed by atoms with E-state index >= 15 is 0 Å². The van der Waals surface area contributed by atoms with E-state index in [9.17, 15) is 4.79 Å². The second kappa shape index (κ2) is 38.5. The Balaban J connectivity index is 3.09. The molecular weight excluding hydrogens is 512 g/mol. The van der Waals surface area contributed by atoms with Crippen LogP contribution in [0.1, 0.15) is 245 Å². The van der Waals surface area contributed by atoms with E-state index in [0.29, 0.717) is 13.0 Å². The van der Waals surface area contributed by atoms with Crippen molar-refractivity contribution in [2.45, 2.75) is 245 Å². The second-order valence-electron chi connectivity index (χ2n) is 13.6. The van der Waals surface area contributed by atoms with Crippen LogP contribution in [0.4, 0.5) is 0 Å². The average Bonchev–Trinajstić information content (AvgIpc) is 2.99. The van der Waals surface area contributed by atoms with Crippen molar-refractivity contribution in [3.05, 3.63) is 0 Å². The van der Waals surface area contributed by atoms with Gasteiger partial charge in [0, 0.05) is 6.42 Å². The van der Waals surface area contributed by atoms with E-state index in [0.717, 1.165) is 12.8 Å². The summed E-state index contributed by atoms with van der Waals surface area (Å²) < 4.78 is 5.41. The molecule has 0 unspecified atom stereocenters. The summed E-state index contributed by atoms with van der Waals surface area (Å²) in [5, 5.41) is 0. The van der Waals surface area contributed by atoms with Gasteiger partial charge in [0.25, 0.3) is 0 Å². The maximum absolute atomic E-state index is 11.8. The quantitative estimate of drug-likeness (QED) is 0.0529. The first-order valence-corrected chi connectivity index (χ1v) is 20.0. The minimum atomic E-state index is 0.0218. The topological polar surface area (TPSA) is 26.3 Å². The number of ether oxygens (including phenoxy) is 1. The lowest BCUT2D eigenvalue weighted by atomic mass is 10.0. The molecule has 0 N–H and O–H groups in total. The van der Waals surface area contributed by atoms with Gasteiger partial charge in [0.15, 0.2) is 0 Å². The third-order valence-corrected chi connectivity index (χ3v) is 9.25. The van der Waals surface area contributed by atoms with Crippen molar-refractivity contribution < 1.29 is 9.53 Å². The average molecular weight is 593 g/mol. The molecule has 0 radical (unpaired) electrons. The van der Waals surface area contributed by atoms with Crippen LogP contribution in [0, 0.1) is 0 Å². The SMILES string of the molecule is CCCCCCCCCCCCCCCCCCCCCCCCCCCCCCOC(=O)CCCCCCCCC. The number of hydrogen-bond donors (Lipinski definition) is 0. The predicted molar refractivity (Wildman–Crippen MR) is 189 cm³/mol. The highest BCUT2D eigenvalue weighted by atomic mass is 16.5. The van der Waals surface area contributed by atoms with Crippen molar-refractivity contribution in [2.75, 3.05) is 6.61 Å². The molecule has 2 nitrogen and oxygen atoms in total. The van der Waals surface area contributed by atoms with E-state index in [1.165, 1.54) is 212 Å². The zero-order valence-corrected chi connectivity index (χ0v) is 29.5. The van der Waals surface area contributed by atoms with Gasteiger partial charge in [-0.2, -0.15) is 0 Å². The van der Waals surface area contributed by atoms with Crippen LogP contribution < -0.4 is 0 Å². The molecule has 0 atom stereocenters. The Bertz CT molecular complexity index is 488. The van der Waals surface area contributed by atoms with Gasteiger partial charge in [-0.1, -0.05) is 226 Å². The smallest absolute Gasteiger partial charge is 0.305 e. The molecule has 2 heteroatoms. The van der Waals surface area contributed by atoms with Crippen molar-refractivity contribution in [2.24, 2.45) is 0 Å². The highest BCUT2D eigenvalue weighted by molar-refractivity contribution is 5.69. The van der Waals surface area contributed by atoms with Crippen molar-refractivity contribution in [3.63, 3.8) is 0 Å². The van der Waals surface area contributed by atoms with E-state index in [2.05, 4.69) is 13.8 Å². The van der Waals surface area contributed by atoms with Gasteiger partial charge in [-0.25, -0.2) is 0 Å². The van der Waals surface area contributed by atoms with Crippen LogP contribution >= 0.6 is 0 Å². The summed E-state index contributed by atoms with van der Waals surface area (Å²) >= 11 is 0. The molecule has 0 spiro atoms. The molecule has 0 amide bonds. The number of carbonyl (C=O) groups is 1. The minimum absolute atomic E-state index is 0.0218. The third-order valence-electron chi connectivity index (χ3n) is 9.25. The van der Waals surface area contributed by atoms with E-state index in [1.807, 2.05) is 0 Å². The zero-order valence-electron chi connectivity index (χ0n) is 29.5. The molecule has 0 bridgehead atoms. The molecule has 0 heterocycles. The Morgan fingerprint density at radius 3 is 0.786 bits per heavy atom. The maximum Gasteiger partial charge on any atom is 0.305 e. The zero-order chi connectivity index (χ0) is 30.4. The summed E-state index contributed by atoms with van der Waals surface area (Å²) in [6, 6.07) is 0. The fourth-order valence-corrected chi connectivity index (χ4v) is 6.26. The first-order valence-electron chi connectivity index (χ1n) is 20.0. The van der Waals surface area contributed by atoms with Gasteiger partial charge in [-0.15, -0.1) is 0 Å². The second-order valence-corrected chi connectivity index (χ2v) is 13.6. The van der Waals surface area contributed by atoms with Gasteiger partial charge < -0.3 is 4.74 Å². The predicted octanol–water partition coefficient (Wildman–Crippen LogP) is 14.6. The van der Waals surface area contributed by atoms with Gasteiger partial charge in [0.2, 0.25) is 0 Å². The summed E-state index contributed by atoms with van der Waals surface area (Å²) in [5.74, 6) is 0.0218. The molecule has 0 aromatic heterocycles. The van der Waals surface area contributed by atoms with Crippen LogP contribution in [0.2, 0.25) is 0 Å². The van der Waals surface area contributed by atoms with Gasteiger partial charge in [0.1, 0.15) is 0 Å². The van der Waals surface area contributed by atoms with E-state index in [4.69, 9.17) is 4.74 Å². The van der Waals surface area contributed by atoms with E-state index < -0.39 is 0 Å². The van der Waals surface area contributed by atoms with Crippen molar-refractivity contribution in [1.82, 2.24) is 0 Å².